The third-order valence-electron chi connectivity index (χ3n) is 2.72. The lowest BCUT2D eigenvalue weighted by Gasteiger charge is -2.14. The highest BCUT2D eigenvalue weighted by atomic mass is 17.2. The van der Waals surface area contributed by atoms with E-state index in [1.54, 1.807) is 12.1 Å². The maximum atomic E-state index is 11.8. The van der Waals surface area contributed by atoms with E-state index in [0.717, 1.165) is 11.3 Å². The highest BCUT2D eigenvalue weighted by Crippen LogP contribution is 2.22. The molecule has 0 atom stereocenters. The molecule has 5 nitrogen and oxygen atoms in total. The van der Waals surface area contributed by atoms with Crippen LogP contribution in [0.4, 0.5) is 0 Å². The number of esters is 1. The molecule has 0 saturated carbocycles. The maximum Gasteiger partial charge on any atom is 0.340 e. The summed E-state index contributed by atoms with van der Waals surface area (Å²) in [7, 11) is 2.81. The molecule has 0 aliphatic rings. The minimum Gasteiger partial charge on any atom is -0.465 e. The van der Waals surface area contributed by atoms with Crippen LogP contribution in [0.25, 0.3) is 5.69 Å². The summed E-state index contributed by atoms with van der Waals surface area (Å²) >= 11 is 0. The minimum absolute atomic E-state index is 0.245. The smallest absolute Gasteiger partial charge is 0.340 e. The maximum absolute atomic E-state index is 11.8. The van der Waals surface area contributed by atoms with Crippen LogP contribution in [0.2, 0.25) is 0 Å². The number of aromatic nitrogens is 1. The monoisotopic (exact) mass is 261 g/mol. The predicted octanol–water partition coefficient (Wildman–Crippen LogP) is 2.34. The van der Waals surface area contributed by atoms with E-state index in [4.69, 9.17) is 9.62 Å². The van der Waals surface area contributed by atoms with Gasteiger partial charge >= 0.3 is 5.97 Å². The summed E-state index contributed by atoms with van der Waals surface area (Å²) in [6.07, 6.45) is 3.72. The van der Waals surface area contributed by atoms with Crippen LogP contribution in [0, 0.1) is 0 Å². The molecule has 0 unspecified atom stereocenters. The number of ether oxygens (including phenoxy) is 1. The van der Waals surface area contributed by atoms with Crippen molar-refractivity contribution in [1.29, 1.82) is 0 Å². The summed E-state index contributed by atoms with van der Waals surface area (Å²) in [5.74, 6) is -0.386. The van der Waals surface area contributed by atoms with E-state index in [1.165, 1.54) is 14.2 Å². The predicted molar refractivity (Wildman–Crippen MR) is 68.9 cm³/mol. The molecule has 0 bridgehead atoms. The molecule has 1 aromatic heterocycles. The highest BCUT2D eigenvalue weighted by Gasteiger charge is 2.16. The Morgan fingerprint density at radius 2 is 1.89 bits per heavy atom. The quantitative estimate of drug-likeness (QED) is 0.471. The SMILES string of the molecule is COOCc1cccc(C(=O)OC)c1-n1cccc1. The Morgan fingerprint density at radius 1 is 1.16 bits per heavy atom. The number of carbonyl (C=O) groups is 1. The van der Waals surface area contributed by atoms with Crippen molar-refractivity contribution in [3.63, 3.8) is 0 Å². The molecule has 1 heterocycles. The van der Waals surface area contributed by atoms with E-state index < -0.39 is 0 Å². The molecule has 0 spiro atoms. The summed E-state index contributed by atoms with van der Waals surface area (Å²) in [5, 5.41) is 0. The van der Waals surface area contributed by atoms with Crippen LogP contribution in [-0.4, -0.2) is 24.8 Å². The van der Waals surface area contributed by atoms with Crippen LogP contribution in [0.5, 0.6) is 0 Å². The van der Waals surface area contributed by atoms with Crippen molar-refractivity contribution in [3.05, 3.63) is 53.9 Å². The van der Waals surface area contributed by atoms with Crippen molar-refractivity contribution >= 4 is 5.97 Å². The van der Waals surface area contributed by atoms with Crippen LogP contribution in [0.1, 0.15) is 15.9 Å². The van der Waals surface area contributed by atoms with Gasteiger partial charge in [0.15, 0.2) is 0 Å². The van der Waals surface area contributed by atoms with Gasteiger partial charge in [0.2, 0.25) is 0 Å². The van der Waals surface area contributed by atoms with Crippen molar-refractivity contribution in [3.8, 4) is 5.69 Å². The second-order valence-corrected chi connectivity index (χ2v) is 3.82. The molecule has 1 aromatic carbocycles. The number of para-hydroxylation sites is 1. The van der Waals surface area contributed by atoms with Gasteiger partial charge < -0.3 is 9.30 Å². The van der Waals surface area contributed by atoms with Gasteiger partial charge in [-0.05, 0) is 18.2 Å². The average molecular weight is 261 g/mol. The molecule has 0 N–H and O–H groups in total. The molecule has 0 radical (unpaired) electrons. The summed E-state index contributed by atoms with van der Waals surface area (Å²) in [6.45, 7) is 0.245. The molecule has 100 valence electrons. The first-order valence-electron chi connectivity index (χ1n) is 5.77. The summed E-state index contributed by atoms with van der Waals surface area (Å²) in [5.41, 5.74) is 2.05. The van der Waals surface area contributed by atoms with Gasteiger partial charge in [0.25, 0.3) is 0 Å². The Morgan fingerprint density at radius 3 is 2.53 bits per heavy atom. The van der Waals surface area contributed by atoms with Gasteiger partial charge in [-0.15, -0.1) is 0 Å². The lowest BCUT2D eigenvalue weighted by atomic mass is 10.1. The zero-order valence-electron chi connectivity index (χ0n) is 10.8. The Bertz CT molecular complexity index is 549. The normalized spacial score (nSPS) is 10.4. The fourth-order valence-corrected chi connectivity index (χ4v) is 1.89. The molecule has 2 rings (SSSR count). The third kappa shape index (κ3) is 2.83. The molecular formula is C14H15NO4. The zero-order valence-corrected chi connectivity index (χ0v) is 10.8. The molecule has 0 aliphatic carbocycles. The van der Waals surface area contributed by atoms with Crippen molar-refractivity contribution < 1.29 is 19.3 Å². The van der Waals surface area contributed by atoms with Crippen molar-refractivity contribution in [2.75, 3.05) is 14.2 Å². The molecule has 0 saturated heterocycles. The summed E-state index contributed by atoms with van der Waals surface area (Å²) < 4.78 is 6.66. The van der Waals surface area contributed by atoms with Gasteiger partial charge in [0.1, 0.15) is 6.61 Å². The second kappa shape index (κ2) is 6.17. The van der Waals surface area contributed by atoms with E-state index in [9.17, 15) is 4.79 Å². The Labute approximate surface area is 111 Å². The van der Waals surface area contributed by atoms with Crippen molar-refractivity contribution in [1.82, 2.24) is 4.57 Å². The van der Waals surface area contributed by atoms with Gasteiger partial charge in [-0.3, -0.25) is 0 Å². The van der Waals surface area contributed by atoms with E-state index in [2.05, 4.69) is 4.89 Å². The van der Waals surface area contributed by atoms with Crippen LogP contribution in [0.3, 0.4) is 0 Å². The number of rotatable bonds is 5. The van der Waals surface area contributed by atoms with Crippen LogP contribution in [0.15, 0.2) is 42.7 Å². The number of benzene rings is 1. The molecule has 2 aromatic rings. The first-order chi connectivity index (χ1) is 9.27. The number of methoxy groups -OCH3 is 1. The standard InChI is InChI=1S/C14H15NO4/c1-17-14(16)12-7-5-6-11(10-19-18-2)13(12)15-8-3-4-9-15/h3-9H,10H2,1-2H3. The number of hydrogen-bond acceptors (Lipinski definition) is 4. The largest absolute Gasteiger partial charge is 0.465 e. The fourth-order valence-electron chi connectivity index (χ4n) is 1.89. The average Bonchev–Trinajstić information content (AvgIpc) is 2.97. The lowest BCUT2D eigenvalue weighted by molar-refractivity contribution is -0.282. The van der Waals surface area contributed by atoms with Gasteiger partial charge in [-0.2, -0.15) is 0 Å². The molecule has 0 aliphatic heterocycles. The van der Waals surface area contributed by atoms with Crippen molar-refractivity contribution in [2.24, 2.45) is 0 Å². The Hall–Kier alpha value is -2.11. The van der Waals surface area contributed by atoms with Gasteiger partial charge in [0, 0.05) is 18.0 Å². The van der Waals surface area contributed by atoms with Crippen LogP contribution >= 0.6 is 0 Å². The van der Waals surface area contributed by atoms with Crippen molar-refractivity contribution in [2.45, 2.75) is 6.61 Å². The van der Waals surface area contributed by atoms with Gasteiger partial charge in [0.05, 0.1) is 25.5 Å². The summed E-state index contributed by atoms with van der Waals surface area (Å²) in [6, 6.07) is 9.15. The minimum atomic E-state index is -0.386. The first-order valence-corrected chi connectivity index (χ1v) is 5.77. The first kappa shape index (κ1) is 13.3. The fraction of sp³-hybridized carbons (Fsp3) is 0.214. The second-order valence-electron chi connectivity index (χ2n) is 3.82. The van der Waals surface area contributed by atoms with Crippen LogP contribution in [-0.2, 0) is 21.1 Å². The molecule has 19 heavy (non-hydrogen) atoms. The Balaban J connectivity index is 2.52. The molecule has 5 heteroatoms. The van der Waals surface area contributed by atoms with E-state index in [0.29, 0.717) is 5.56 Å². The Kier molecular flexibility index (Phi) is 4.33. The zero-order chi connectivity index (χ0) is 13.7. The van der Waals surface area contributed by atoms with E-state index in [-0.39, 0.29) is 12.6 Å². The molecular weight excluding hydrogens is 246 g/mol. The number of hydrogen-bond donors (Lipinski definition) is 0. The highest BCUT2D eigenvalue weighted by molar-refractivity contribution is 5.94. The van der Waals surface area contributed by atoms with E-state index >= 15 is 0 Å². The third-order valence-corrected chi connectivity index (χ3v) is 2.72. The van der Waals surface area contributed by atoms with Crippen LogP contribution < -0.4 is 0 Å². The topological polar surface area (TPSA) is 49.7 Å². The van der Waals surface area contributed by atoms with Gasteiger partial charge in [-0.1, -0.05) is 12.1 Å². The molecule has 0 fully saturated rings. The van der Waals surface area contributed by atoms with E-state index in [1.807, 2.05) is 35.2 Å². The summed E-state index contributed by atoms with van der Waals surface area (Å²) in [4.78, 5) is 21.4. The lowest BCUT2D eigenvalue weighted by Crippen LogP contribution is -2.10. The van der Waals surface area contributed by atoms with Gasteiger partial charge in [-0.25, -0.2) is 14.6 Å². The number of nitrogens with zero attached hydrogens (tertiary/aromatic N) is 1. The molecule has 0 amide bonds. The number of carbonyl (C=O) groups excluding carboxylic acids is 1.